The molecule has 2 heterocycles. The first-order chi connectivity index (χ1) is 8.65. The minimum atomic E-state index is -0.973. The van der Waals surface area contributed by atoms with Gasteiger partial charge >= 0.3 is 5.97 Å². The number of hydrogen-bond acceptors (Lipinski definition) is 4. The number of aromatic nitrogens is 1. The van der Waals surface area contributed by atoms with Crippen molar-refractivity contribution in [1.29, 1.82) is 0 Å². The van der Waals surface area contributed by atoms with Crippen LogP contribution in [0.3, 0.4) is 0 Å². The van der Waals surface area contributed by atoms with Gasteiger partial charge in [-0.1, -0.05) is 0 Å². The first kappa shape index (κ1) is 11.2. The topological polar surface area (TPSA) is 59.4 Å². The summed E-state index contributed by atoms with van der Waals surface area (Å²) in [5, 5.41) is 9.75. The third-order valence-corrected chi connectivity index (χ3v) is 3.96. The van der Waals surface area contributed by atoms with Gasteiger partial charge in [-0.2, -0.15) is 0 Å². The fraction of sp³-hybridized carbons (Fsp3) is 0.231. The Hall–Kier alpha value is -1.88. The summed E-state index contributed by atoms with van der Waals surface area (Å²) in [4.78, 5) is 15.9. The van der Waals surface area contributed by atoms with Crippen molar-refractivity contribution < 1.29 is 14.6 Å². The van der Waals surface area contributed by atoms with Gasteiger partial charge in [-0.25, -0.2) is 9.78 Å². The summed E-state index contributed by atoms with van der Waals surface area (Å²) in [5.41, 5.74) is 2.27. The number of rotatable bonds is 2. The molecule has 0 unspecified atom stereocenters. The minimum absolute atomic E-state index is 0.145. The molecule has 18 heavy (non-hydrogen) atoms. The van der Waals surface area contributed by atoms with E-state index in [2.05, 4.69) is 4.98 Å². The van der Waals surface area contributed by atoms with Crippen LogP contribution in [-0.4, -0.2) is 22.7 Å². The van der Waals surface area contributed by atoms with Crippen molar-refractivity contribution in [1.82, 2.24) is 4.98 Å². The van der Waals surface area contributed by atoms with Gasteiger partial charge in [0.05, 0.1) is 6.61 Å². The van der Waals surface area contributed by atoms with Crippen LogP contribution in [0.2, 0.25) is 0 Å². The molecule has 0 amide bonds. The Morgan fingerprint density at radius 3 is 3.06 bits per heavy atom. The number of carboxylic acids is 1. The van der Waals surface area contributed by atoms with E-state index < -0.39 is 5.97 Å². The molecular formula is C13H11NO3S. The van der Waals surface area contributed by atoms with Gasteiger partial charge in [-0.15, -0.1) is 11.3 Å². The van der Waals surface area contributed by atoms with E-state index in [4.69, 9.17) is 9.84 Å². The van der Waals surface area contributed by atoms with E-state index in [1.807, 2.05) is 18.2 Å². The Bertz CT molecular complexity index is 633. The molecule has 0 spiro atoms. The number of nitrogens with zero attached hydrogens (tertiary/aromatic N) is 1. The molecular weight excluding hydrogens is 250 g/mol. The van der Waals surface area contributed by atoms with E-state index in [9.17, 15) is 4.79 Å². The van der Waals surface area contributed by atoms with Gasteiger partial charge in [0, 0.05) is 16.9 Å². The molecule has 0 saturated heterocycles. The Morgan fingerprint density at radius 2 is 2.33 bits per heavy atom. The zero-order valence-electron chi connectivity index (χ0n) is 9.77. The van der Waals surface area contributed by atoms with Crippen LogP contribution in [0.5, 0.6) is 5.75 Å². The molecule has 92 valence electrons. The predicted octanol–water partition coefficient (Wildman–Crippen LogP) is 2.75. The maximum atomic E-state index is 11.0. The van der Waals surface area contributed by atoms with Gasteiger partial charge in [-0.3, -0.25) is 0 Å². The van der Waals surface area contributed by atoms with Crippen molar-refractivity contribution in [2.75, 3.05) is 6.61 Å². The summed E-state index contributed by atoms with van der Waals surface area (Å²) in [5.74, 6) is -0.0509. The highest BCUT2D eigenvalue weighted by Crippen LogP contribution is 2.33. The fourth-order valence-corrected chi connectivity index (χ4v) is 2.94. The van der Waals surface area contributed by atoms with Crippen LogP contribution < -0.4 is 4.74 Å². The highest BCUT2D eigenvalue weighted by molar-refractivity contribution is 7.15. The standard InChI is InChI=1S/C13H11NO3S/c1-7-11(13(15)16)14-12(18-7)9-2-3-10-8(6-9)4-5-17-10/h2-3,6H,4-5H2,1H3,(H,15,16). The van der Waals surface area contributed by atoms with Crippen molar-refractivity contribution in [2.45, 2.75) is 13.3 Å². The second-order valence-electron chi connectivity index (χ2n) is 4.15. The number of carbonyl (C=O) groups is 1. The van der Waals surface area contributed by atoms with Gasteiger partial charge in [0.2, 0.25) is 0 Å². The molecule has 1 aromatic heterocycles. The maximum Gasteiger partial charge on any atom is 0.355 e. The average molecular weight is 261 g/mol. The highest BCUT2D eigenvalue weighted by Gasteiger charge is 2.17. The van der Waals surface area contributed by atoms with Gasteiger partial charge in [0.1, 0.15) is 10.8 Å². The van der Waals surface area contributed by atoms with E-state index in [0.717, 1.165) is 39.8 Å². The zero-order chi connectivity index (χ0) is 12.7. The lowest BCUT2D eigenvalue weighted by Crippen LogP contribution is -1.98. The summed E-state index contributed by atoms with van der Waals surface area (Å²) < 4.78 is 5.45. The molecule has 0 aliphatic carbocycles. The van der Waals surface area contributed by atoms with Crippen LogP contribution in [0.4, 0.5) is 0 Å². The average Bonchev–Trinajstić information content (AvgIpc) is 2.93. The second kappa shape index (κ2) is 4.10. The molecule has 0 radical (unpaired) electrons. The van der Waals surface area contributed by atoms with Gasteiger partial charge in [0.25, 0.3) is 0 Å². The summed E-state index contributed by atoms with van der Waals surface area (Å²) in [6, 6.07) is 5.88. The predicted molar refractivity (Wildman–Crippen MR) is 68.4 cm³/mol. The summed E-state index contributed by atoms with van der Waals surface area (Å²) in [6.07, 6.45) is 0.902. The van der Waals surface area contributed by atoms with E-state index in [1.54, 1.807) is 6.92 Å². The zero-order valence-corrected chi connectivity index (χ0v) is 10.6. The largest absolute Gasteiger partial charge is 0.493 e. The van der Waals surface area contributed by atoms with Crippen molar-refractivity contribution in [3.05, 3.63) is 34.3 Å². The lowest BCUT2D eigenvalue weighted by atomic mass is 10.1. The summed E-state index contributed by atoms with van der Waals surface area (Å²) in [7, 11) is 0. The van der Waals surface area contributed by atoms with Crippen molar-refractivity contribution in [3.8, 4) is 16.3 Å². The van der Waals surface area contributed by atoms with Crippen LogP contribution in [0.25, 0.3) is 10.6 Å². The number of benzene rings is 1. The van der Waals surface area contributed by atoms with Crippen LogP contribution in [-0.2, 0) is 6.42 Å². The SMILES string of the molecule is Cc1sc(-c2ccc3c(c2)CCO3)nc1C(=O)O. The quantitative estimate of drug-likeness (QED) is 0.903. The Kier molecular flexibility index (Phi) is 2.56. The number of aromatic carboxylic acids is 1. The lowest BCUT2D eigenvalue weighted by molar-refractivity contribution is 0.0690. The van der Waals surface area contributed by atoms with Crippen molar-refractivity contribution >= 4 is 17.3 Å². The number of carboxylic acid groups (broad SMARTS) is 1. The molecule has 1 aromatic carbocycles. The van der Waals surface area contributed by atoms with Gasteiger partial charge in [-0.05, 0) is 30.7 Å². The molecule has 4 nitrogen and oxygen atoms in total. The normalized spacial score (nSPS) is 13.2. The molecule has 0 atom stereocenters. The van der Waals surface area contributed by atoms with Crippen LogP contribution in [0.15, 0.2) is 18.2 Å². The molecule has 1 aliphatic heterocycles. The van der Waals surface area contributed by atoms with Crippen LogP contribution in [0.1, 0.15) is 20.9 Å². The molecule has 3 rings (SSSR count). The maximum absolute atomic E-state index is 11.0. The van der Waals surface area contributed by atoms with Crippen molar-refractivity contribution in [2.24, 2.45) is 0 Å². The van der Waals surface area contributed by atoms with E-state index in [0.29, 0.717) is 0 Å². The Morgan fingerprint density at radius 1 is 1.50 bits per heavy atom. The molecule has 0 bridgehead atoms. The van der Waals surface area contributed by atoms with E-state index in [-0.39, 0.29) is 5.69 Å². The lowest BCUT2D eigenvalue weighted by Gasteiger charge is -2.00. The molecule has 1 aliphatic rings. The minimum Gasteiger partial charge on any atom is -0.493 e. The monoisotopic (exact) mass is 261 g/mol. The van der Waals surface area contributed by atoms with Gasteiger partial charge in [0.15, 0.2) is 5.69 Å². The number of aryl methyl sites for hydroxylation is 1. The number of ether oxygens (including phenoxy) is 1. The third kappa shape index (κ3) is 1.76. The molecule has 0 saturated carbocycles. The van der Waals surface area contributed by atoms with E-state index in [1.165, 1.54) is 11.3 Å². The Labute approximate surface area is 108 Å². The van der Waals surface area contributed by atoms with E-state index >= 15 is 0 Å². The Balaban J connectivity index is 2.05. The second-order valence-corrected chi connectivity index (χ2v) is 5.35. The number of thiazole rings is 1. The molecule has 2 aromatic rings. The molecule has 1 N–H and O–H groups in total. The van der Waals surface area contributed by atoms with Crippen molar-refractivity contribution in [3.63, 3.8) is 0 Å². The van der Waals surface area contributed by atoms with Crippen LogP contribution >= 0.6 is 11.3 Å². The first-order valence-corrected chi connectivity index (χ1v) is 6.43. The summed E-state index contributed by atoms with van der Waals surface area (Å²) in [6.45, 7) is 2.50. The summed E-state index contributed by atoms with van der Waals surface area (Å²) >= 11 is 1.41. The number of fused-ring (bicyclic) bond motifs is 1. The fourth-order valence-electron chi connectivity index (χ4n) is 2.04. The van der Waals surface area contributed by atoms with Gasteiger partial charge < -0.3 is 9.84 Å². The smallest absolute Gasteiger partial charge is 0.355 e. The van der Waals surface area contributed by atoms with Crippen LogP contribution in [0, 0.1) is 6.92 Å². The first-order valence-electron chi connectivity index (χ1n) is 5.62. The highest BCUT2D eigenvalue weighted by atomic mass is 32.1. The molecule has 0 fully saturated rings. The number of hydrogen-bond donors (Lipinski definition) is 1. The molecule has 5 heteroatoms. The third-order valence-electron chi connectivity index (χ3n) is 2.94.